The maximum absolute atomic E-state index is 14.7. The molecular formula is C17H18ClFN2O4. The summed E-state index contributed by atoms with van der Waals surface area (Å²) in [5.41, 5.74) is 6.07. The number of aromatic nitrogens is 1. The lowest BCUT2D eigenvalue weighted by molar-refractivity contribution is 0.0520. The minimum atomic E-state index is -0.718. The van der Waals surface area contributed by atoms with Crippen molar-refractivity contribution >= 4 is 23.3 Å². The summed E-state index contributed by atoms with van der Waals surface area (Å²) in [6.45, 7) is 3.88. The van der Waals surface area contributed by atoms with Crippen LogP contribution < -0.4 is 15.2 Å². The quantitative estimate of drug-likeness (QED) is 0.782. The Morgan fingerprint density at radius 3 is 2.64 bits per heavy atom. The molecule has 0 spiro atoms. The van der Waals surface area contributed by atoms with Crippen LogP contribution in [0, 0.1) is 5.82 Å². The van der Waals surface area contributed by atoms with E-state index in [1.165, 1.54) is 25.3 Å². The van der Waals surface area contributed by atoms with Gasteiger partial charge in [0.05, 0.1) is 31.0 Å². The molecule has 0 bridgehead atoms. The number of ether oxygens (including phenoxy) is 3. The van der Waals surface area contributed by atoms with Crippen molar-refractivity contribution in [2.75, 3.05) is 26.1 Å². The van der Waals surface area contributed by atoms with E-state index in [1.54, 1.807) is 13.8 Å². The van der Waals surface area contributed by atoms with Crippen LogP contribution in [0.2, 0.25) is 5.02 Å². The van der Waals surface area contributed by atoms with E-state index in [9.17, 15) is 9.18 Å². The van der Waals surface area contributed by atoms with Gasteiger partial charge < -0.3 is 19.9 Å². The van der Waals surface area contributed by atoms with Gasteiger partial charge in [-0.25, -0.2) is 14.2 Å². The summed E-state index contributed by atoms with van der Waals surface area (Å²) < 4.78 is 30.0. The predicted molar refractivity (Wildman–Crippen MR) is 92.7 cm³/mol. The van der Waals surface area contributed by atoms with Crippen LogP contribution in [0.5, 0.6) is 11.5 Å². The summed E-state index contributed by atoms with van der Waals surface area (Å²) in [6.07, 6.45) is 0. The van der Waals surface area contributed by atoms with Crippen molar-refractivity contribution in [3.63, 3.8) is 0 Å². The van der Waals surface area contributed by atoms with Crippen molar-refractivity contribution < 1.29 is 23.4 Å². The fourth-order valence-electron chi connectivity index (χ4n) is 2.22. The molecule has 6 nitrogen and oxygen atoms in total. The second kappa shape index (κ2) is 8.02. The lowest BCUT2D eigenvalue weighted by atomic mass is 10.1. The highest BCUT2D eigenvalue weighted by Crippen LogP contribution is 2.37. The van der Waals surface area contributed by atoms with Gasteiger partial charge in [0.15, 0.2) is 17.3 Å². The van der Waals surface area contributed by atoms with Crippen LogP contribution in [0.3, 0.4) is 0 Å². The minimum absolute atomic E-state index is 0.0328. The second-order valence-corrected chi connectivity index (χ2v) is 5.27. The standard InChI is InChI=1S/C17H18ClFN2O4/c1-4-24-12-8-11(21-15(14(12)20)17(22)25-5-2)9-6-7-10(18)16(23-3)13(9)19/h6-8H,4-5,20H2,1-3H3. The number of benzene rings is 1. The molecule has 0 unspecified atom stereocenters. The van der Waals surface area contributed by atoms with E-state index in [1.807, 2.05) is 0 Å². The fraction of sp³-hybridized carbons (Fsp3) is 0.294. The molecule has 0 amide bonds. The van der Waals surface area contributed by atoms with Crippen LogP contribution in [0.1, 0.15) is 24.3 Å². The molecule has 0 radical (unpaired) electrons. The van der Waals surface area contributed by atoms with Crippen LogP contribution in [0.15, 0.2) is 18.2 Å². The van der Waals surface area contributed by atoms with Gasteiger partial charge in [0.1, 0.15) is 11.4 Å². The van der Waals surface area contributed by atoms with Crippen molar-refractivity contribution in [3.05, 3.63) is 34.7 Å². The van der Waals surface area contributed by atoms with Gasteiger partial charge in [-0.2, -0.15) is 0 Å². The van der Waals surface area contributed by atoms with Gasteiger partial charge in [-0.3, -0.25) is 0 Å². The van der Waals surface area contributed by atoms with Gasteiger partial charge in [0.25, 0.3) is 0 Å². The van der Waals surface area contributed by atoms with Gasteiger partial charge in [0, 0.05) is 11.6 Å². The van der Waals surface area contributed by atoms with Gasteiger partial charge in [-0.05, 0) is 26.0 Å². The summed E-state index contributed by atoms with van der Waals surface area (Å²) >= 11 is 5.91. The average Bonchev–Trinajstić information content (AvgIpc) is 2.58. The number of methoxy groups -OCH3 is 1. The third-order valence-electron chi connectivity index (χ3n) is 3.32. The molecule has 25 heavy (non-hydrogen) atoms. The first-order valence-electron chi connectivity index (χ1n) is 7.57. The average molecular weight is 369 g/mol. The summed E-state index contributed by atoms with van der Waals surface area (Å²) in [7, 11) is 1.31. The molecule has 0 aliphatic rings. The number of hydrogen-bond donors (Lipinski definition) is 1. The smallest absolute Gasteiger partial charge is 0.359 e. The number of esters is 1. The summed E-state index contributed by atoms with van der Waals surface area (Å²) in [4.78, 5) is 16.3. The Kier molecular flexibility index (Phi) is 6.03. The van der Waals surface area contributed by atoms with E-state index in [4.69, 9.17) is 31.5 Å². The molecule has 0 saturated carbocycles. The first-order valence-corrected chi connectivity index (χ1v) is 7.95. The molecule has 2 N–H and O–H groups in total. The topological polar surface area (TPSA) is 83.7 Å². The number of halogens is 2. The normalized spacial score (nSPS) is 10.4. The van der Waals surface area contributed by atoms with Crippen LogP contribution in [-0.4, -0.2) is 31.3 Å². The maximum Gasteiger partial charge on any atom is 0.359 e. The summed E-state index contributed by atoms with van der Waals surface area (Å²) in [5.74, 6) is -1.33. The molecule has 2 aromatic rings. The van der Waals surface area contributed by atoms with E-state index in [0.717, 1.165) is 0 Å². The van der Waals surface area contributed by atoms with Crippen LogP contribution >= 0.6 is 11.6 Å². The zero-order valence-electron chi connectivity index (χ0n) is 14.1. The first-order chi connectivity index (χ1) is 11.9. The Morgan fingerprint density at radius 2 is 2.04 bits per heavy atom. The number of nitrogens with two attached hydrogens (primary N) is 1. The van der Waals surface area contributed by atoms with E-state index in [2.05, 4.69) is 4.98 Å². The molecule has 1 aromatic carbocycles. The minimum Gasteiger partial charge on any atom is -0.492 e. The Balaban J connectivity index is 2.67. The molecule has 0 saturated heterocycles. The van der Waals surface area contributed by atoms with Gasteiger partial charge in [0.2, 0.25) is 0 Å². The summed E-state index contributed by atoms with van der Waals surface area (Å²) in [6, 6.07) is 4.36. The number of rotatable bonds is 6. The molecular weight excluding hydrogens is 351 g/mol. The molecule has 0 atom stereocenters. The number of nitrogen functional groups attached to an aromatic ring is 1. The number of pyridine rings is 1. The Hall–Kier alpha value is -2.54. The van der Waals surface area contributed by atoms with Crippen LogP contribution in [0.25, 0.3) is 11.3 Å². The highest BCUT2D eigenvalue weighted by Gasteiger charge is 2.22. The summed E-state index contributed by atoms with van der Waals surface area (Å²) in [5, 5.41) is 0.120. The van der Waals surface area contributed by atoms with Gasteiger partial charge in [-0.1, -0.05) is 11.6 Å². The van der Waals surface area contributed by atoms with E-state index >= 15 is 0 Å². The van der Waals surface area contributed by atoms with Crippen molar-refractivity contribution in [3.8, 4) is 22.8 Å². The van der Waals surface area contributed by atoms with Crippen molar-refractivity contribution in [2.45, 2.75) is 13.8 Å². The van der Waals surface area contributed by atoms with Crippen LogP contribution in [0.4, 0.5) is 10.1 Å². The van der Waals surface area contributed by atoms with Crippen molar-refractivity contribution in [2.24, 2.45) is 0 Å². The van der Waals surface area contributed by atoms with E-state index in [-0.39, 0.29) is 45.8 Å². The third kappa shape index (κ3) is 3.76. The second-order valence-electron chi connectivity index (χ2n) is 4.86. The Bertz CT molecular complexity index is 799. The highest BCUT2D eigenvalue weighted by atomic mass is 35.5. The predicted octanol–water partition coefficient (Wildman–Crippen LogP) is 3.71. The number of anilines is 1. The Labute approximate surface area is 149 Å². The van der Waals surface area contributed by atoms with Crippen LogP contribution in [-0.2, 0) is 4.74 Å². The lowest BCUT2D eigenvalue weighted by Gasteiger charge is -2.14. The fourth-order valence-corrected chi connectivity index (χ4v) is 2.44. The number of hydrogen-bond acceptors (Lipinski definition) is 6. The highest BCUT2D eigenvalue weighted by molar-refractivity contribution is 6.32. The maximum atomic E-state index is 14.7. The third-order valence-corrected chi connectivity index (χ3v) is 3.62. The monoisotopic (exact) mass is 368 g/mol. The molecule has 134 valence electrons. The molecule has 0 aliphatic carbocycles. The zero-order chi connectivity index (χ0) is 18.6. The largest absolute Gasteiger partial charge is 0.492 e. The first kappa shape index (κ1) is 18.8. The molecule has 2 rings (SSSR count). The number of carbonyl (C=O) groups is 1. The number of nitrogens with zero attached hydrogens (tertiary/aromatic N) is 1. The Morgan fingerprint density at radius 1 is 1.32 bits per heavy atom. The molecule has 8 heteroatoms. The lowest BCUT2D eigenvalue weighted by Crippen LogP contribution is -2.13. The molecule has 0 aliphatic heterocycles. The number of carbonyl (C=O) groups excluding carboxylic acids is 1. The molecule has 0 fully saturated rings. The van der Waals surface area contributed by atoms with Crippen molar-refractivity contribution in [1.82, 2.24) is 4.98 Å². The molecule has 1 aromatic heterocycles. The van der Waals surface area contributed by atoms with E-state index in [0.29, 0.717) is 6.61 Å². The van der Waals surface area contributed by atoms with E-state index < -0.39 is 11.8 Å². The zero-order valence-corrected chi connectivity index (χ0v) is 14.8. The molecule has 1 heterocycles. The SMILES string of the molecule is CCOC(=O)c1nc(-c2ccc(Cl)c(OC)c2F)cc(OCC)c1N. The van der Waals surface area contributed by atoms with Crippen molar-refractivity contribution in [1.29, 1.82) is 0 Å². The van der Waals surface area contributed by atoms with Gasteiger partial charge >= 0.3 is 5.97 Å². The van der Waals surface area contributed by atoms with Gasteiger partial charge in [-0.15, -0.1) is 0 Å².